The SMILES string of the molecule is CO/N=C(\C(=O)N[C@@H]1C(=O)N(OCC(=O)O)[C@@H]1C(N)=O)c1csc(N)n1. The molecule has 140 valence electrons. The Labute approximate surface area is 149 Å². The molecule has 1 saturated heterocycles. The van der Waals surface area contributed by atoms with Gasteiger partial charge in [0.05, 0.1) is 0 Å². The van der Waals surface area contributed by atoms with Gasteiger partial charge in [-0.15, -0.1) is 11.3 Å². The summed E-state index contributed by atoms with van der Waals surface area (Å²) < 4.78 is 0. The standard InChI is InChI=1S/C12H14N6O7S/c1-24-17-6(4-3-26-12(14)15-4)10(22)16-7-8(9(13)21)18(11(7)23)25-2-5(19)20/h3,7-8H,2H2,1H3,(H2,13,21)(H2,14,15)(H,16,22)(H,19,20)/b17-6-/t7-,8-/m0/s1. The molecule has 0 radical (unpaired) electrons. The molecule has 14 heteroatoms. The highest BCUT2D eigenvalue weighted by atomic mass is 32.1. The lowest BCUT2D eigenvalue weighted by Gasteiger charge is -2.43. The lowest BCUT2D eigenvalue weighted by atomic mass is 9.97. The third-order valence-corrected chi connectivity index (χ3v) is 3.79. The number of amides is 3. The molecule has 1 aliphatic rings. The van der Waals surface area contributed by atoms with Crippen molar-refractivity contribution in [3.63, 3.8) is 0 Å². The number of carboxylic acids is 1. The van der Waals surface area contributed by atoms with Crippen molar-refractivity contribution < 1.29 is 34.0 Å². The monoisotopic (exact) mass is 386 g/mol. The highest BCUT2D eigenvalue weighted by molar-refractivity contribution is 7.13. The molecule has 0 saturated carbocycles. The Bertz CT molecular complexity index is 778. The zero-order chi connectivity index (χ0) is 19.4. The molecule has 13 nitrogen and oxygen atoms in total. The van der Waals surface area contributed by atoms with Gasteiger partial charge in [-0.3, -0.25) is 19.2 Å². The molecule has 1 aliphatic heterocycles. The van der Waals surface area contributed by atoms with E-state index in [1.54, 1.807) is 0 Å². The number of thiazole rings is 1. The maximum Gasteiger partial charge on any atom is 0.332 e. The predicted octanol–water partition coefficient (Wildman–Crippen LogP) is -2.73. The van der Waals surface area contributed by atoms with Crippen molar-refractivity contribution in [3.05, 3.63) is 11.1 Å². The molecule has 1 aromatic rings. The van der Waals surface area contributed by atoms with Gasteiger partial charge in [-0.25, -0.2) is 14.8 Å². The van der Waals surface area contributed by atoms with Gasteiger partial charge in [0.1, 0.15) is 18.8 Å². The van der Waals surface area contributed by atoms with Gasteiger partial charge < -0.3 is 26.7 Å². The van der Waals surface area contributed by atoms with Gasteiger partial charge in [0.15, 0.2) is 23.5 Å². The van der Waals surface area contributed by atoms with E-state index in [2.05, 4.69) is 25.1 Å². The molecular formula is C12H14N6O7S. The number of nitrogen functional groups attached to an aromatic ring is 1. The number of nitrogens with two attached hydrogens (primary N) is 2. The number of carboxylic acid groups (broad SMARTS) is 1. The Hall–Kier alpha value is -3.26. The van der Waals surface area contributed by atoms with E-state index in [9.17, 15) is 19.2 Å². The van der Waals surface area contributed by atoms with Gasteiger partial charge in [0, 0.05) is 5.38 Å². The van der Waals surface area contributed by atoms with Gasteiger partial charge in [0.25, 0.3) is 11.8 Å². The Morgan fingerprint density at radius 1 is 1.50 bits per heavy atom. The number of nitrogens with one attached hydrogen (secondary N) is 1. The normalized spacial score (nSPS) is 19.7. The van der Waals surface area contributed by atoms with Crippen LogP contribution in [0.5, 0.6) is 0 Å². The number of carbonyl (C=O) groups excluding carboxylic acids is 3. The predicted molar refractivity (Wildman–Crippen MR) is 85.4 cm³/mol. The minimum atomic E-state index is -1.38. The Morgan fingerprint density at radius 2 is 2.19 bits per heavy atom. The average Bonchev–Trinajstić information content (AvgIpc) is 2.99. The van der Waals surface area contributed by atoms with E-state index < -0.39 is 42.4 Å². The summed E-state index contributed by atoms with van der Waals surface area (Å²) in [6, 6.07) is -2.73. The number of aromatic nitrogens is 1. The van der Waals surface area contributed by atoms with Crippen LogP contribution in [0.25, 0.3) is 0 Å². The Morgan fingerprint density at radius 3 is 2.69 bits per heavy atom. The van der Waals surface area contributed by atoms with Crippen LogP contribution < -0.4 is 16.8 Å². The number of rotatable bonds is 8. The number of aliphatic carboxylic acids is 1. The second kappa shape index (κ2) is 7.75. The van der Waals surface area contributed by atoms with Crippen LogP contribution in [0.15, 0.2) is 10.5 Å². The summed E-state index contributed by atoms with van der Waals surface area (Å²) in [6.07, 6.45) is 0. The zero-order valence-corrected chi connectivity index (χ0v) is 14.1. The second-order valence-electron chi connectivity index (χ2n) is 4.82. The molecule has 26 heavy (non-hydrogen) atoms. The second-order valence-corrected chi connectivity index (χ2v) is 5.71. The molecule has 6 N–H and O–H groups in total. The van der Waals surface area contributed by atoms with Crippen molar-refractivity contribution in [1.29, 1.82) is 0 Å². The summed E-state index contributed by atoms with van der Waals surface area (Å²) in [7, 11) is 1.20. The van der Waals surface area contributed by atoms with Crippen molar-refractivity contribution in [2.45, 2.75) is 12.1 Å². The lowest BCUT2D eigenvalue weighted by Crippen LogP contribution is -2.74. The molecule has 2 rings (SSSR count). The van der Waals surface area contributed by atoms with E-state index in [0.29, 0.717) is 5.06 Å². The molecule has 1 fully saturated rings. The van der Waals surface area contributed by atoms with E-state index in [1.807, 2.05) is 0 Å². The number of carbonyl (C=O) groups is 4. The summed E-state index contributed by atoms with van der Waals surface area (Å²) >= 11 is 1.06. The Balaban J connectivity index is 2.13. The van der Waals surface area contributed by atoms with E-state index in [1.165, 1.54) is 12.5 Å². The number of β-lactam (4-membered cyclic amide) rings is 1. The zero-order valence-electron chi connectivity index (χ0n) is 13.2. The van der Waals surface area contributed by atoms with Crippen LogP contribution in [-0.4, -0.2) is 70.4 Å². The van der Waals surface area contributed by atoms with Crippen LogP contribution in [-0.2, 0) is 28.9 Å². The van der Waals surface area contributed by atoms with Gasteiger partial charge in [0.2, 0.25) is 5.91 Å². The van der Waals surface area contributed by atoms with Crippen LogP contribution in [0.2, 0.25) is 0 Å². The largest absolute Gasteiger partial charge is 0.479 e. The number of nitrogens with zero attached hydrogens (tertiary/aromatic N) is 3. The topological polar surface area (TPSA) is 200 Å². The molecule has 0 aromatic carbocycles. The molecule has 1 aromatic heterocycles. The van der Waals surface area contributed by atoms with Crippen LogP contribution >= 0.6 is 11.3 Å². The lowest BCUT2D eigenvalue weighted by molar-refractivity contribution is -0.234. The van der Waals surface area contributed by atoms with E-state index >= 15 is 0 Å². The summed E-state index contributed by atoms with van der Waals surface area (Å²) in [5, 5.41) is 16.5. The number of hydrogen-bond acceptors (Lipinski definition) is 10. The molecule has 3 amide bonds. The van der Waals surface area contributed by atoms with Gasteiger partial charge >= 0.3 is 5.97 Å². The third-order valence-electron chi connectivity index (χ3n) is 3.12. The number of hydroxylamine groups is 2. The van der Waals surface area contributed by atoms with Gasteiger partial charge in [-0.2, -0.15) is 0 Å². The maximum absolute atomic E-state index is 12.4. The van der Waals surface area contributed by atoms with Crippen molar-refractivity contribution >= 4 is 45.9 Å². The molecule has 0 unspecified atom stereocenters. The van der Waals surface area contributed by atoms with Crippen LogP contribution in [0.4, 0.5) is 5.13 Å². The average molecular weight is 386 g/mol. The first kappa shape index (κ1) is 19.1. The quantitative estimate of drug-likeness (QED) is 0.208. The molecule has 0 bridgehead atoms. The fourth-order valence-corrected chi connectivity index (χ4v) is 2.60. The maximum atomic E-state index is 12.4. The fraction of sp³-hybridized carbons (Fsp3) is 0.333. The molecule has 0 spiro atoms. The first-order valence-corrected chi connectivity index (χ1v) is 7.74. The van der Waals surface area contributed by atoms with E-state index in [0.717, 1.165) is 11.3 Å². The fourth-order valence-electron chi connectivity index (χ4n) is 2.05. The van der Waals surface area contributed by atoms with Crippen molar-refractivity contribution in [2.75, 3.05) is 19.5 Å². The highest BCUT2D eigenvalue weighted by Crippen LogP contribution is 2.21. The van der Waals surface area contributed by atoms with E-state index in [4.69, 9.17) is 16.6 Å². The molecule has 2 heterocycles. The number of primary amides is 1. The van der Waals surface area contributed by atoms with Crippen LogP contribution in [0, 0.1) is 0 Å². The summed E-state index contributed by atoms with van der Waals surface area (Å²) in [6.45, 7) is -0.856. The van der Waals surface area contributed by atoms with Crippen molar-refractivity contribution in [3.8, 4) is 0 Å². The number of oxime groups is 1. The summed E-state index contributed by atoms with van der Waals surface area (Å²) in [5.74, 6) is -4.08. The van der Waals surface area contributed by atoms with E-state index in [-0.39, 0.29) is 16.5 Å². The van der Waals surface area contributed by atoms with Crippen LogP contribution in [0.1, 0.15) is 5.69 Å². The van der Waals surface area contributed by atoms with Crippen molar-refractivity contribution in [2.24, 2.45) is 10.9 Å². The third kappa shape index (κ3) is 3.86. The van der Waals surface area contributed by atoms with Crippen molar-refractivity contribution in [1.82, 2.24) is 15.4 Å². The minimum Gasteiger partial charge on any atom is -0.479 e. The van der Waals surface area contributed by atoms with Crippen LogP contribution in [0.3, 0.4) is 0 Å². The Kier molecular flexibility index (Phi) is 5.68. The molecule has 2 atom stereocenters. The van der Waals surface area contributed by atoms with Gasteiger partial charge in [-0.05, 0) is 0 Å². The molecule has 0 aliphatic carbocycles. The number of anilines is 1. The van der Waals surface area contributed by atoms with Gasteiger partial charge in [-0.1, -0.05) is 5.16 Å². The minimum absolute atomic E-state index is 0.105. The first-order valence-electron chi connectivity index (χ1n) is 6.86. The summed E-state index contributed by atoms with van der Waals surface area (Å²) in [5.41, 5.74) is 10.5. The number of hydrogen-bond donors (Lipinski definition) is 4. The smallest absolute Gasteiger partial charge is 0.332 e. The molecular weight excluding hydrogens is 372 g/mol. The first-order chi connectivity index (χ1) is 12.3. The highest BCUT2D eigenvalue weighted by Gasteiger charge is 2.53. The summed E-state index contributed by atoms with van der Waals surface area (Å²) in [4.78, 5) is 59.6.